The summed E-state index contributed by atoms with van der Waals surface area (Å²) < 4.78 is 23.7. The van der Waals surface area contributed by atoms with E-state index < -0.39 is 20.0 Å². The molecule has 0 saturated carbocycles. The molecule has 0 aromatic carbocycles. The molecule has 3 unspecified atom stereocenters. The molecule has 0 aromatic heterocycles. The molecule has 0 bridgehead atoms. The SMILES string of the molecule is CCCCCCC/C=C\C/C=C\CCCCCCCCCCCCCCCCCCCC(=O)NC(COP(=O)(O)OCC[N+](C)(C)C)C(O)/C=C/CC/C=C/CCCCCCCCCCCCCCCCC. The molecule has 1 amide bonds. The van der Waals surface area contributed by atoms with Crippen LogP contribution in [0.15, 0.2) is 48.6 Å². The Morgan fingerprint density at radius 2 is 0.806 bits per heavy atom. The van der Waals surface area contributed by atoms with Gasteiger partial charge < -0.3 is 19.8 Å². The summed E-state index contributed by atoms with van der Waals surface area (Å²) in [5.41, 5.74) is 0. The first kappa shape index (κ1) is 70.5. The van der Waals surface area contributed by atoms with Crippen LogP contribution in [0.4, 0.5) is 0 Å². The molecule has 0 aliphatic heterocycles. The summed E-state index contributed by atoms with van der Waals surface area (Å²) in [7, 11) is 1.56. The van der Waals surface area contributed by atoms with Crippen LogP contribution in [0.3, 0.4) is 0 Å². The molecule has 0 spiro atoms. The zero-order valence-corrected chi connectivity index (χ0v) is 49.3. The molecule has 424 valence electrons. The van der Waals surface area contributed by atoms with E-state index in [0.29, 0.717) is 17.4 Å². The van der Waals surface area contributed by atoms with Crippen molar-refractivity contribution >= 4 is 13.7 Å². The average molecular weight is 1030 g/mol. The Labute approximate surface area is 448 Å². The summed E-state index contributed by atoms with van der Waals surface area (Å²) in [5, 5.41) is 13.9. The van der Waals surface area contributed by atoms with Gasteiger partial charge in [0.05, 0.1) is 39.9 Å². The largest absolute Gasteiger partial charge is 0.472 e. The lowest BCUT2D eigenvalue weighted by Crippen LogP contribution is -2.45. The first-order chi connectivity index (χ1) is 35.0. The Bertz CT molecular complexity index is 1310. The molecule has 0 saturated heterocycles. The van der Waals surface area contributed by atoms with Crippen LogP contribution in [-0.4, -0.2) is 73.4 Å². The monoisotopic (exact) mass is 1030 g/mol. The summed E-state index contributed by atoms with van der Waals surface area (Å²) in [6, 6.07) is -0.864. The van der Waals surface area contributed by atoms with Crippen molar-refractivity contribution in [3.8, 4) is 0 Å². The van der Waals surface area contributed by atoms with Gasteiger partial charge >= 0.3 is 7.82 Å². The van der Waals surface area contributed by atoms with E-state index in [2.05, 4.69) is 55.6 Å². The predicted octanol–water partition coefficient (Wildman–Crippen LogP) is 19.1. The molecule has 0 radical (unpaired) electrons. The summed E-state index contributed by atoms with van der Waals surface area (Å²) in [4.78, 5) is 23.3. The van der Waals surface area contributed by atoms with Gasteiger partial charge in [-0.3, -0.25) is 13.8 Å². The quantitative estimate of drug-likeness (QED) is 0.0243. The minimum atomic E-state index is -4.36. The van der Waals surface area contributed by atoms with Gasteiger partial charge in [-0.1, -0.05) is 274 Å². The van der Waals surface area contributed by atoms with Crippen LogP contribution in [0, 0.1) is 0 Å². The number of allylic oxidation sites excluding steroid dienone is 7. The fraction of sp³-hybridized carbons (Fsp3) is 0.857. The van der Waals surface area contributed by atoms with Crippen molar-refractivity contribution in [1.29, 1.82) is 0 Å². The summed E-state index contributed by atoms with van der Waals surface area (Å²) in [6.45, 7) is 4.82. The van der Waals surface area contributed by atoms with Crippen molar-refractivity contribution < 1.29 is 32.9 Å². The van der Waals surface area contributed by atoms with Crippen molar-refractivity contribution in [2.45, 2.75) is 309 Å². The zero-order valence-electron chi connectivity index (χ0n) is 48.4. The van der Waals surface area contributed by atoms with Crippen molar-refractivity contribution in [1.82, 2.24) is 5.32 Å². The Hall–Kier alpha value is -1.54. The summed E-state index contributed by atoms with van der Waals surface area (Å²) >= 11 is 0. The highest BCUT2D eigenvalue weighted by molar-refractivity contribution is 7.47. The molecule has 0 aromatic rings. The van der Waals surface area contributed by atoms with E-state index in [9.17, 15) is 19.4 Å². The topological polar surface area (TPSA) is 105 Å². The van der Waals surface area contributed by atoms with Gasteiger partial charge in [-0.05, 0) is 64.2 Å². The van der Waals surface area contributed by atoms with Crippen molar-refractivity contribution in [3.63, 3.8) is 0 Å². The molecule has 0 rings (SSSR count). The number of aliphatic hydroxyl groups is 1. The van der Waals surface area contributed by atoms with Crippen LogP contribution < -0.4 is 5.32 Å². The minimum Gasteiger partial charge on any atom is -0.387 e. The number of phosphoric ester groups is 1. The van der Waals surface area contributed by atoms with Gasteiger partial charge in [0.1, 0.15) is 13.2 Å². The van der Waals surface area contributed by atoms with Gasteiger partial charge in [0.2, 0.25) is 5.91 Å². The third-order valence-corrected chi connectivity index (χ3v) is 15.0. The first-order valence-corrected chi connectivity index (χ1v) is 32.5. The van der Waals surface area contributed by atoms with E-state index in [-0.39, 0.29) is 19.1 Å². The fourth-order valence-corrected chi connectivity index (χ4v) is 9.89. The lowest BCUT2D eigenvalue weighted by atomic mass is 10.0. The van der Waals surface area contributed by atoms with Crippen LogP contribution >= 0.6 is 7.82 Å². The van der Waals surface area contributed by atoms with E-state index in [1.807, 2.05) is 27.2 Å². The maximum atomic E-state index is 13.0. The van der Waals surface area contributed by atoms with Gasteiger partial charge in [0.15, 0.2) is 0 Å². The van der Waals surface area contributed by atoms with Crippen LogP contribution in [0.2, 0.25) is 0 Å². The van der Waals surface area contributed by atoms with Gasteiger partial charge in [-0.2, -0.15) is 0 Å². The number of quaternary nitrogens is 1. The van der Waals surface area contributed by atoms with Crippen LogP contribution in [-0.2, 0) is 18.4 Å². The fourth-order valence-electron chi connectivity index (χ4n) is 9.15. The highest BCUT2D eigenvalue weighted by atomic mass is 31.2. The Morgan fingerprint density at radius 3 is 1.19 bits per heavy atom. The van der Waals surface area contributed by atoms with E-state index in [0.717, 1.165) is 44.9 Å². The van der Waals surface area contributed by atoms with E-state index in [1.54, 1.807) is 6.08 Å². The van der Waals surface area contributed by atoms with Gasteiger partial charge in [0.25, 0.3) is 0 Å². The number of rotatable bonds is 57. The molecule has 9 heteroatoms. The number of hydrogen-bond acceptors (Lipinski definition) is 5. The van der Waals surface area contributed by atoms with Crippen LogP contribution in [0.5, 0.6) is 0 Å². The molecule has 3 atom stereocenters. The molecule has 0 aliphatic carbocycles. The smallest absolute Gasteiger partial charge is 0.387 e. The molecule has 72 heavy (non-hydrogen) atoms. The maximum absolute atomic E-state index is 13.0. The second-order valence-electron chi connectivity index (χ2n) is 22.4. The Balaban J connectivity index is 4.15. The number of hydrogen-bond donors (Lipinski definition) is 3. The van der Waals surface area contributed by atoms with Crippen molar-refractivity contribution in [3.05, 3.63) is 48.6 Å². The van der Waals surface area contributed by atoms with Gasteiger partial charge in [-0.15, -0.1) is 0 Å². The third kappa shape index (κ3) is 56.2. The third-order valence-electron chi connectivity index (χ3n) is 14.0. The lowest BCUT2D eigenvalue weighted by molar-refractivity contribution is -0.870. The second kappa shape index (κ2) is 54.3. The maximum Gasteiger partial charge on any atom is 0.472 e. The lowest BCUT2D eigenvalue weighted by Gasteiger charge is -2.25. The number of amides is 1. The molecular formula is C63H122N2O6P+. The standard InChI is InChI=1S/C63H121N2O6P/c1-6-8-10-12-14-16-18-20-22-24-26-28-29-30-31-32-33-34-35-37-39-41-43-45-47-49-51-53-55-57-63(67)64-61(60-71-72(68,69)70-59-58-65(3,4)5)62(66)56-54-52-50-48-46-44-42-40-38-36-27-25-23-21-19-17-15-13-11-9-7-2/h18,20,24,26,46,48,54,56,61-62,66H,6-17,19,21-23,25,27-45,47,49-53,55,57-60H2,1-5H3,(H-,64,67,68,69)/p+1/b20-18-,26-24-,48-46+,56-54+. The Kier molecular flexibility index (Phi) is 53.1. The van der Waals surface area contributed by atoms with Crippen LogP contribution in [0.1, 0.15) is 296 Å². The van der Waals surface area contributed by atoms with Gasteiger partial charge in [-0.25, -0.2) is 4.57 Å². The van der Waals surface area contributed by atoms with E-state index in [4.69, 9.17) is 9.05 Å². The number of carbonyl (C=O) groups excluding carboxylic acids is 1. The first-order valence-electron chi connectivity index (χ1n) is 31.0. The van der Waals surface area contributed by atoms with Crippen molar-refractivity contribution in [2.24, 2.45) is 0 Å². The van der Waals surface area contributed by atoms with Crippen LogP contribution in [0.25, 0.3) is 0 Å². The van der Waals surface area contributed by atoms with Gasteiger partial charge in [0, 0.05) is 6.42 Å². The molecule has 8 nitrogen and oxygen atoms in total. The van der Waals surface area contributed by atoms with E-state index in [1.165, 1.54) is 231 Å². The Morgan fingerprint density at radius 1 is 0.472 bits per heavy atom. The average Bonchev–Trinajstić information content (AvgIpc) is 3.34. The highest BCUT2D eigenvalue weighted by Crippen LogP contribution is 2.43. The molecule has 0 heterocycles. The zero-order chi connectivity index (χ0) is 52.7. The number of unbranched alkanes of at least 4 members (excludes halogenated alkanes) is 38. The predicted molar refractivity (Wildman–Crippen MR) is 314 cm³/mol. The second-order valence-corrected chi connectivity index (χ2v) is 23.9. The number of nitrogens with zero attached hydrogens (tertiary/aromatic N) is 1. The number of nitrogens with one attached hydrogen (secondary N) is 1. The summed E-state index contributed by atoms with van der Waals surface area (Å²) in [6.07, 6.45) is 72.3. The van der Waals surface area contributed by atoms with Crippen molar-refractivity contribution in [2.75, 3.05) is 40.9 Å². The molecule has 0 aliphatic rings. The number of aliphatic hydroxyl groups excluding tert-OH is 1. The minimum absolute atomic E-state index is 0.0567. The number of likely N-dealkylation sites (N-methyl/N-ethyl adjacent to an activating group) is 1. The number of phosphoric acid groups is 1. The molecule has 0 fully saturated rings. The molecule has 3 N–H and O–H groups in total. The summed E-state index contributed by atoms with van der Waals surface area (Å²) in [5.74, 6) is -0.183. The number of carbonyl (C=O) groups is 1. The highest BCUT2D eigenvalue weighted by Gasteiger charge is 2.27. The normalized spacial score (nSPS) is 14.2. The molecular weight excluding hydrogens is 912 g/mol. The van der Waals surface area contributed by atoms with E-state index >= 15 is 0 Å².